The molecule has 0 heterocycles. The lowest BCUT2D eigenvalue weighted by molar-refractivity contribution is 0.0892. The zero-order chi connectivity index (χ0) is 30.7. The van der Waals surface area contributed by atoms with Crippen LogP contribution >= 0.6 is 0 Å². The molecule has 2 atom stereocenters. The first-order chi connectivity index (χ1) is 20.7. The van der Waals surface area contributed by atoms with Gasteiger partial charge in [0.1, 0.15) is 11.5 Å². The zero-order valence-corrected chi connectivity index (χ0v) is 23.9. The minimum absolute atomic E-state index is 0.0319. The monoisotopic (exact) mass is 578 g/mol. The van der Waals surface area contributed by atoms with Crippen LogP contribution in [0.1, 0.15) is 46.2 Å². The van der Waals surface area contributed by atoms with Crippen molar-refractivity contribution >= 4 is 33.4 Å². The van der Waals surface area contributed by atoms with E-state index in [4.69, 9.17) is 0 Å². The quantitative estimate of drug-likeness (QED) is 0.141. The summed E-state index contributed by atoms with van der Waals surface area (Å²) in [5.74, 6) is -2.00. The van der Waals surface area contributed by atoms with E-state index in [1.54, 1.807) is 84.9 Å². The third-order valence-corrected chi connectivity index (χ3v) is 7.79. The molecular weight excluding hydrogens is 544 g/mol. The fraction of sp³-hybridized carbons (Fsp3) is 0.200. The van der Waals surface area contributed by atoms with Gasteiger partial charge in [0.25, 0.3) is 11.8 Å². The molecule has 5 aromatic carbocycles. The van der Waals surface area contributed by atoms with Crippen molar-refractivity contribution in [2.24, 2.45) is 5.92 Å². The summed E-state index contributed by atoms with van der Waals surface area (Å²) in [4.78, 5) is 27.1. The molecule has 8 heteroatoms. The van der Waals surface area contributed by atoms with E-state index in [0.717, 1.165) is 0 Å². The maximum absolute atomic E-state index is 13.6. The number of rotatable bonds is 9. The van der Waals surface area contributed by atoms with Crippen LogP contribution in [0.15, 0.2) is 91.0 Å². The SMILES string of the molecule is CC(C)C(CO)NC(=O)c1cc2ccccc2c(-c2c(O)c(C(=O)NC(CO)c3ccccc3)cc3ccccc23)c1O. The number of nitrogens with one attached hydrogen (secondary N) is 2. The predicted molar refractivity (Wildman–Crippen MR) is 167 cm³/mol. The Bertz CT molecular complexity index is 1800. The minimum Gasteiger partial charge on any atom is -0.506 e. The van der Waals surface area contributed by atoms with E-state index in [9.17, 15) is 30.0 Å². The second kappa shape index (κ2) is 12.5. The van der Waals surface area contributed by atoms with E-state index in [1.165, 1.54) is 0 Å². The molecule has 43 heavy (non-hydrogen) atoms. The van der Waals surface area contributed by atoms with Crippen LogP contribution in [0.3, 0.4) is 0 Å². The first kappa shape index (κ1) is 29.6. The number of hydrogen-bond donors (Lipinski definition) is 6. The van der Waals surface area contributed by atoms with Crippen molar-refractivity contribution in [1.29, 1.82) is 0 Å². The molecule has 8 nitrogen and oxygen atoms in total. The lowest BCUT2D eigenvalue weighted by atomic mass is 9.88. The van der Waals surface area contributed by atoms with Gasteiger partial charge in [-0.25, -0.2) is 0 Å². The number of phenols is 2. The van der Waals surface area contributed by atoms with Crippen LogP contribution in [0.5, 0.6) is 11.5 Å². The minimum atomic E-state index is -0.718. The molecule has 0 spiro atoms. The zero-order valence-electron chi connectivity index (χ0n) is 23.9. The fourth-order valence-electron chi connectivity index (χ4n) is 5.35. The van der Waals surface area contributed by atoms with Gasteiger partial charge < -0.3 is 31.1 Å². The van der Waals surface area contributed by atoms with Gasteiger partial charge in [-0.15, -0.1) is 0 Å². The summed E-state index contributed by atoms with van der Waals surface area (Å²) in [5, 5.41) is 51.3. The highest BCUT2D eigenvalue weighted by Gasteiger charge is 2.28. The lowest BCUT2D eigenvalue weighted by Crippen LogP contribution is -2.41. The van der Waals surface area contributed by atoms with Crippen molar-refractivity contribution < 1.29 is 30.0 Å². The molecule has 220 valence electrons. The number of aliphatic hydroxyl groups excluding tert-OH is 2. The van der Waals surface area contributed by atoms with Gasteiger partial charge in [0.15, 0.2) is 0 Å². The van der Waals surface area contributed by atoms with E-state index < -0.39 is 23.9 Å². The van der Waals surface area contributed by atoms with E-state index in [2.05, 4.69) is 10.6 Å². The summed E-state index contributed by atoms with van der Waals surface area (Å²) in [6, 6.07) is 25.2. The molecule has 0 aliphatic carbocycles. The standard InChI is InChI=1S/C35H34N2O6/c1-20(2)28(18-38)36-34(42)26-16-22-12-6-8-14-24(22)30(32(26)40)31-25-15-9-7-13-23(25)17-27(33(31)41)35(43)37-29(19-39)21-10-4-3-5-11-21/h3-17,20,28-29,38-41H,18-19H2,1-2H3,(H,36,42)(H,37,43). The normalized spacial score (nSPS) is 12.8. The maximum Gasteiger partial charge on any atom is 0.255 e. The van der Waals surface area contributed by atoms with Crippen molar-refractivity contribution in [2.45, 2.75) is 25.9 Å². The van der Waals surface area contributed by atoms with Gasteiger partial charge in [0, 0.05) is 11.1 Å². The Labute approximate surface area is 249 Å². The second-order valence-corrected chi connectivity index (χ2v) is 10.9. The molecule has 0 fully saturated rings. The highest BCUT2D eigenvalue weighted by atomic mass is 16.3. The molecule has 0 saturated carbocycles. The van der Waals surface area contributed by atoms with Crippen LogP contribution in [-0.4, -0.2) is 51.5 Å². The van der Waals surface area contributed by atoms with Crippen LogP contribution in [0.25, 0.3) is 32.7 Å². The molecule has 2 amide bonds. The highest BCUT2D eigenvalue weighted by molar-refractivity contribution is 6.16. The Morgan fingerprint density at radius 2 is 1.12 bits per heavy atom. The summed E-state index contributed by atoms with van der Waals surface area (Å²) in [7, 11) is 0. The van der Waals surface area contributed by atoms with Gasteiger partial charge in [-0.2, -0.15) is 0 Å². The molecule has 5 rings (SSSR count). The molecule has 0 aliphatic rings. The Kier molecular flexibility index (Phi) is 8.61. The summed E-state index contributed by atoms with van der Waals surface area (Å²) in [6.07, 6.45) is 0. The number of carbonyl (C=O) groups excluding carboxylic acids is 2. The fourth-order valence-corrected chi connectivity index (χ4v) is 5.35. The van der Waals surface area contributed by atoms with Crippen LogP contribution in [-0.2, 0) is 0 Å². The van der Waals surface area contributed by atoms with Gasteiger partial charge in [-0.3, -0.25) is 9.59 Å². The number of carbonyl (C=O) groups is 2. The van der Waals surface area contributed by atoms with Crippen LogP contribution in [0, 0.1) is 5.92 Å². The second-order valence-electron chi connectivity index (χ2n) is 10.9. The smallest absolute Gasteiger partial charge is 0.255 e. The van der Waals surface area contributed by atoms with Gasteiger partial charge in [0.05, 0.1) is 36.4 Å². The molecule has 0 aliphatic heterocycles. The summed E-state index contributed by atoms with van der Waals surface area (Å²) in [5.41, 5.74) is 0.994. The van der Waals surface area contributed by atoms with Crippen LogP contribution < -0.4 is 10.6 Å². The summed E-state index contributed by atoms with van der Waals surface area (Å²) < 4.78 is 0. The van der Waals surface area contributed by atoms with Crippen molar-refractivity contribution in [3.63, 3.8) is 0 Å². The first-order valence-corrected chi connectivity index (χ1v) is 14.1. The van der Waals surface area contributed by atoms with Gasteiger partial charge >= 0.3 is 0 Å². The Morgan fingerprint density at radius 3 is 1.58 bits per heavy atom. The van der Waals surface area contributed by atoms with Crippen molar-refractivity contribution in [3.8, 4) is 22.6 Å². The average molecular weight is 579 g/mol. The van der Waals surface area contributed by atoms with E-state index >= 15 is 0 Å². The molecular formula is C35H34N2O6. The number of hydrogen-bond acceptors (Lipinski definition) is 6. The lowest BCUT2D eigenvalue weighted by Gasteiger charge is -2.22. The number of amides is 2. The summed E-state index contributed by atoms with van der Waals surface area (Å²) >= 11 is 0. The molecule has 2 unspecified atom stereocenters. The van der Waals surface area contributed by atoms with E-state index in [0.29, 0.717) is 27.1 Å². The number of fused-ring (bicyclic) bond motifs is 2. The van der Waals surface area contributed by atoms with Gasteiger partial charge in [-0.1, -0.05) is 92.7 Å². The average Bonchev–Trinajstić information content (AvgIpc) is 3.02. The third kappa shape index (κ3) is 5.75. The van der Waals surface area contributed by atoms with Crippen molar-refractivity contribution in [2.75, 3.05) is 13.2 Å². The van der Waals surface area contributed by atoms with Crippen molar-refractivity contribution in [3.05, 3.63) is 108 Å². The number of aromatic hydroxyl groups is 2. The molecule has 0 saturated heterocycles. The van der Waals surface area contributed by atoms with Crippen LogP contribution in [0.4, 0.5) is 0 Å². The maximum atomic E-state index is 13.6. The Morgan fingerprint density at radius 1 is 0.651 bits per heavy atom. The van der Waals surface area contributed by atoms with Crippen LogP contribution in [0.2, 0.25) is 0 Å². The number of aliphatic hydroxyl groups is 2. The Hall–Kier alpha value is -4.92. The number of benzene rings is 5. The van der Waals surface area contributed by atoms with Gasteiger partial charge in [0.2, 0.25) is 0 Å². The summed E-state index contributed by atoms with van der Waals surface area (Å²) in [6.45, 7) is 3.11. The number of phenolic OH excluding ortho intramolecular Hbond substituents is 2. The topological polar surface area (TPSA) is 139 Å². The predicted octanol–water partition coefficient (Wildman–Crippen LogP) is 5.28. The largest absolute Gasteiger partial charge is 0.506 e. The molecule has 5 aromatic rings. The van der Waals surface area contributed by atoms with Gasteiger partial charge in [-0.05, 0) is 45.2 Å². The van der Waals surface area contributed by atoms with Crippen molar-refractivity contribution in [1.82, 2.24) is 10.6 Å². The molecule has 0 aromatic heterocycles. The van der Waals surface area contributed by atoms with E-state index in [-0.39, 0.29) is 52.9 Å². The highest BCUT2D eigenvalue weighted by Crippen LogP contribution is 2.47. The molecule has 0 radical (unpaired) electrons. The first-order valence-electron chi connectivity index (χ1n) is 14.1. The molecule has 6 N–H and O–H groups in total. The Balaban J connectivity index is 1.72. The molecule has 0 bridgehead atoms. The third-order valence-electron chi connectivity index (χ3n) is 7.79. The van der Waals surface area contributed by atoms with E-state index in [1.807, 2.05) is 19.9 Å².